The van der Waals surface area contributed by atoms with Crippen LogP contribution in [0.15, 0.2) is 11.6 Å². The summed E-state index contributed by atoms with van der Waals surface area (Å²) < 4.78 is 6.01. The maximum atomic E-state index is 11.1. The van der Waals surface area contributed by atoms with E-state index in [1.165, 1.54) is 44.9 Å². The van der Waals surface area contributed by atoms with Crippen molar-refractivity contribution < 1.29 is 14.4 Å². The van der Waals surface area contributed by atoms with Gasteiger partial charge in [-0.2, -0.15) is 0 Å². The zero-order valence-electron chi connectivity index (χ0n) is 18.3. The first-order valence-electron chi connectivity index (χ1n) is 11.7. The quantitative estimate of drug-likeness (QED) is 0.220. The van der Waals surface area contributed by atoms with Gasteiger partial charge in [0.1, 0.15) is 0 Å². The van der Waals surface area contributed by atoms with Crippen molar-refractivity contribution in [3.63, 3.8) is 0 Å². The molecule has 0 heterocycles. The van der Waals surface area contributed by atoms with Crippen LogP contribution in [-0.4, -0.2) is 17.2 Å². The standard InChI is InChI=1S/C24H38IO3P/c1-15(4-9-22(26)27)19-7-8-20-18-6-5-16-14-17(28-29-25)10-12-23(16,2)21(18)11-13-24(19,20)3/h5,15,17-21,29H,4,6-14H2,1-3H3,(H,26,27)/t15-,17+,18+,19-,20+,21+,23+,24-/m1/s1. The zero-order valence-corrected chi connectivity index (χ0v) is 21.4. The third-order valence-electron chi connectivity index (χ3n) is 9.84. The number of carboxylic acids is 1. The van der Waals surface area contributed by atoms with Crippen LogP contribution in [0, 0.1) is 40.4 Å². The van der Waals surface area contributed by atoms with E-state index in [1.54, 1.807) is 5.57 Å². The molecule has 0 radical (unpaired) electrons. The fourth-order valence-corrected chi connectivity index (χ4v) is 9.72. The lowest BCUT2D eigenvalue weighted by atomic mass is 9.47. The minimum Gasteiger partial charge on any atom is -0.481 e. The third-order valence-corrected chi connectivity index (χ3v) is 11.0. The van der Waals surface area contributed by atoms with Crippen LogP contribution in [0.4, 0.5) is 0 Å². The van der Waals surface area contributed by atoms with Crippen molar-refractivity contribution in [1.29, 1.82) is 0 Å². The molecule has 29 heavy (non-hydrogen) atoms. The average Bonchev–Trinajstić information content (AvgIpc) is 3.04. The smallest absolute Gasteiger partial charge is 0.303 e. The highest BCUT2D eigenvalue weighted by Gasteiger charge is 2.59. The van der Waals surface area contributed by atoms with Gasteiger partial charge in [0.05, 0.1) is 12.6 Å². The molecule has 0 aromatic heterocycles. The Morgan fingerprint density at radius 3 is 2.79 bits per heavy atom. The minimum atomic E-state index is -0.638. The number of allylic oxidation sites excluding steroid dienone is 1. The van der Waals surface area contributed by atoms with Gasteiger partial charge in [0, 0.05) is 6.42 Å². The molecule has 5 heteroatoms. The van der Waals surface area contributed by atoms with Gasteiger partial charge in [-0.25, -0.2) is 0 Å². The van der Waals surface area contributed by atoms with E-state index in [1.807, 2.05) is 0 Å². The zero-order chi connectivity index (χ0) is 20.8. The number of fused-ring (bicyclic) bond motifs is 5. The Morgan fingerprint density at radius 1 is 1.28 bits per heavy atom. The normalized spacial score (nSPS) is 45.4. The average molecular weight is 532 g/mol. The largest absolute Gasteiger partial charge is 0.481 e. The molecular weight excluding hydrogens is 494 g/mol. The number of carbonyl (C=O) groups is 1. The van der Waals surface area contributed by atoms with Crippen LogP contribution in [0.3, 0.4) is 0 Å². The topological polar surface area (TPSA) is 46.5 Å². The summed E-state index contributed by atoms with van der Waals surface area (Å²) in [5.41, 5.74) is 2.52. The van der Waals surface area contributed by atoms with E-state index in [2.05, 4.69) is 48.9 Å². The maximum absolute atomic E-state index is 11.1. The summed E-state index contributed by atoms with van der Waals surface area (Å²) >= 11 is 2.36. The predicted molar refractivity (Wildman–Crippen MR) is 128 cm³/mol. The van der Waals surface area contributed by atoms with Crippen LogP contribution in [0.2, 0.25) is 0 Å². The van der Waals surface area contributed by atoms with Crippen molar-refractivity contribution in [2.24, 2.45) is 40.4 Å². The summed E-state index contributed by atoms with van der Waals surface area (Å²) in [7, 11) is 0. The fourth-order valence-electron chi connectivity index (χ4n) is 8.32. The van der Waals surface area contributed by atoms with E-state index < -0.39 is 5.97 Å². The van der Waals surface area contributed by atoms with Crippen molar-refractivity contribution in [3.8, 4) is 0 Å². The SMILES string of the molecule is C[C@H](CCC(=O)O)[C@H]1CC[C@H]2[C@@H]3CC=C4C[C@@H](OPI)CC[C@]4(C)[C@H]3CC[C@]12C. The summed E-state index contributed by atoms with van der Waals surface area (Å²) in [6.07, 6.45) is 14.6. The molecule has 0 aromatic rings. The Hall–Kier alpha value is 0.330. The second-order valence-corrected chi connectivity index (χ2v) is 12.7. The summed E-state index contributed by atoms with van der Waals surface area (Å²) in [5, 5.41) is 9.13. The Balaban J connectivity index is 1.51. The molecule has 0 spiro atoms. The first-order valence-corrected chi connectivity index (χ1v) is 15.7. The van der Waals surface area contributed by atoms with Crippen molar-refractivity contribution in [2.75, 3.05) is 0 Å². The highest BCUT2D eigenvalue weighted by atomic mass is 127. The van der Waals surface area contributed by atoms with Gasteiger partial charge < -0.3 is 9.63 Å². The Morgan fingerprint density at radius 2 is 2.07 bits per heavy atom. The molecule has 1 N–H and O–H groups in total. The van der Waals surface area contributed by atoms with E-state index in [9.17, 15) is 4.79 Å². The van der Waals surface area contributed by atoms with Gasteiger partial charge in [-0.05, 0) is 120 Å². The predicted octanol–water partition coefficient (Wildman–Crippen LogP) is 7.40. The molecule has 164 valence electrons. The van der Waals surface area contributed by atoms with Gasteiger partial charge in [-0.3, -0.25) is 4.79 Å². The lowest BCUT2D eigenvalue weighted by molar-refractivity contribution is -0.137. The molecular formula is C24H38IO3P. The molecule has 0 amide bonds. The summed E-state index contributed by atoms with van der Waals surface area (Å²) in [4.78, 5) is 11.1. The van der Waals surface area contributed by atoms with Crippen LogP contribution >= 0.6 is 28.5 Å². The van der Waals surface area contributed by atoms with Crippen LogP contribution in [0.1, 0.15) is 85.0 Å². The first-order chi connectivity index (χ1) is 13.8. The fraction of sp³-hybridized carbons (Fsp3) is 0.875. The lowest BCUT2D eigenvalue weighted by Gasteiger charge is -2.58. The Kier molecular flexibility index (Phi) is 6.75. The van der Waals surface area contributed by atoms with Crippen LogP contribution in [0.5, 0.6) is 0 Å². The van der Waals surface area contributed by atoms with Crippen molar-refractivity contribution in [2.45, 2.75) is 91.1 Å². The highest BCUT2D eigenvalue weighted by molar-refractivity contribution is 14.2. The number of hydrogen-bond acceptors (Lipinski definition) is 2. The monoisotopic (exact) mass is 532 g/mol. The van der Waals surface area contributed by atoms with E-state index in [0.717, 1.165) is 30.6 Å². The summed E-state index contributed by atoms with van der Waals surface area (Å²) in [6.45, 7) is 8.04. The molecule has 3 fully saturated rings. The van der Waals surface area contributed by atoms with Crippen LogP contribution in [0.25, 0.3) is 0 Å². The summed E-state index contributed by atoms with van der Waals surface area (Å²) in [5.74, 6) is 3.11. The van der Waals surface area contributed by atoms with E-state index in [0.29, 0.717) is 41.6 Å². The van der Waals surface area contributed by atoms with E-state index >= 15 is 0 Å². The second-order valence-electron chi connectivity index (χ2n) is 11.0. The molecule has 0 saturated heterocycles. The van der Waals surface area contributed by atoms with Gasteiger partial charge >= 0.3 is 5.97 Å². The number of hydrogen-bond donors (Lipinski definition) is 1. The molecule has 3 nitrogen and oxygen atoms in total. The van der Waals surface area contributed by atoms with Crippen molar-refractivity contribution in [3.05, 3.63) is 11.6 Å². The molecule has 9 atom stereocenters. The molecule has 1 unspecified atom stereocenters. The van der Waals surface area contributed by atoms with Gasteiger partial charge in [0.2, 0.25) is 0 Å². The highest BCUT2D eigenvalue weighted by Crippen LogP contribution is 2.67. The second kappa shape index (κ2) is 8.70. The Bertz CT molecular complexity index is 667. The summed E-state index contributed by atoms with van der Waals surface area (Å²) in [6, 6.07) is 0. The third kappa shape index (κ3) is 3.97. The minimum absolute atomic E-state index is 0.329. The first kappa shape index (κ1) is 22.5. The molecule has 3 saturated carbocycles. The van der Waals surface area contributed by atoms with Gasteiger partial charge in [0.15, 0.2) is 0 Å². The van der Waals surface area contributed by atoms with Gasteiger partial charge in [0.25, 0.3) is 0 Å². The molecule has 4 rings (SSSR count). The molecule has 4 aliphatic carbocycles. The molecule has 0 aromatic carbocycles. The maximum Gasteiger partial charge on any atom is 0.303 e. The number of rotatable bonds is 6. The number of aliphatic carboxylic acids is 1. The molecule has 0 aliphatic heterocycles. The molecule has 4 aliphatic rings. The van der Waals surface area contributed by atoms with Gasteiger partial charge in [-0.1, -0.05) is 32.4 Å². The lowest BCUT2D eigenvalue weighted by Crippen LogP contribution is -2.50. The van der Waals surface area contributed by atoms with Crippen molar-refractivity contribution in [1.82, 2.24) is 0 Å². The van der Waals surface area contributed by atoms with Crippen LogP contribution < -0.4 is 0 Å². The molecule has 0 bridgehead atoms. The Labute approximate surface area is 191 Å². The number of carboxylic acid groups (broad SMARTS) is 1. The van der Waals surface area contributed by atoms with E-state index in [-0.39, 0.29) is 0 Å². The number of halogens is 1. The van der Waals surface area contributed by atoms with E-state index in [4.69, 9.17) is 9.63 Å². The van der Waals surface area contributed by atoms with Gasteiger partial charge in [-0.15, -0.1) is 0 Å². The van der Waals surface area contributed by atoms with Crippen LogP contribution in [-0.2, 0) is 9.32 Å². The van der Waals surface area contributed by atoms with Crippen molar-refractivity contribution >= 4 is 34.5 Å².